The zero-order valence-electron chi connectivity index (χ0n) is 9.93. The lowest BCUT2D eigenvalue weighted by Crippen LogP contribution is -2.07. The molecule has 0 amide bonds. The third kappa shape index (κ3) is 2.46. The molecule has 94 valence electrons. The minimum Gasteiger partial charge on any atom is -0.478 e. The first-order chi connectivity index (χ1) is 8.63. The summed E-state index contributed by atoms with van der Waals surface area (Å²) in [6.07, 6.45) is 5.28. The standard InChI is InChI=1S/C13H13BrN2O2/c1-2-3-12-15-6-7-16(12)11-5-4-9(14)8-10(11)13(17)18/h4-8H,2-3H2,1H3,(H,17,18). The SMILES string of the molecule is CCCc1nccn1-c1ccc(Br)cc1C(=O)O. The van der Waals surface area contributed by atoms with Gasteiger partial charge in [-0.3, -0.25) is 0 Å². The van der Waals surface area contributed by atoms with Gasteiger partial charge in [0.05, 0.1) is 11.3 Å². The summed E-state index contributed by atoms with van der Waals surface area (Å²) < 4.78 is 2.58. The predicted molar refractivity (Wildman–Crippen MR) is 72.2 cm³/mol. The Kier molecular flexibility index (Phi) is 3.81. The number of aromatic carboxylic acids is 1. The maximum Gasteiger partial charge on any atom is 0.337 e. The molecule has 1 N–H and O–H groups in total. The van der Waals surface area contributed by atoms with Crippen LogP contribution in [-0.2, 0) is 6.42 Å². The quantitative estimate of drug-likeness (QED) is 0.943. The zero-order chi connectivity index (χ0) is 13.1. The predicted octanol–water partition coefficient (Wildman–Crippen LogP) is 3.29. The van der Waals surface area contributed by atoms with E-state index in [4.69, 9.17) is 0 Å². The van der Waals surface area contributed by atoms with Crippen LogP contribution in [-0.4, -0.2) is 20.6 Å². The second-order valence-electron chi connectivity index (χ2n) is 3.93. The van der Waals surface area contributed by atoms with Crippen LogP contribution >= 0.6 is 15.9 Å². The number of halogens is 1. The smallest absolute Gasteiger partial charge is 0.337 e. The molecule has 0 saturated heterocycles. The van der Waals surface area contributed by atoms with Crippen LogP contribution in [0.1, 0.15) is 29.5 Å². The van der Waals surface area contributed by atoms with Crippen LogP contribution in [0.25, 0.3) is 5.69 Å². The van der Waals surface area contributed by atoms with Crippen LogP contribution in [0, 0.1) is 0 Å². The molecule has 2 rings (SSSR count). The van der Waals surface area contributed by atoms with Crippen LogP contribution < -0.4 is 0 Å². The number of aromatic nitrogens is 2. The zero-order valence-corrected chi connectivity index (χ0v) is 11.5. The van der Waals surface area contributed by atoms with Crippen molar-refractivity contribution >= 4 is 21.9 Å². The molecule has 0 atom stereocenters. The van der Waals surface area contributed by atoms with Crippen LogP contribution in [0.2, 0.25) is 0 Å². The molecule has 0 fully saturated rings. The Morgan fingerprint density at radius 2 is 2.28 bits per heavy atom. The van der Waals surface area contributed by atoms with E-state index in [2.05, 4.69) is 27.8 Å². The number of nitrogens with zero attached hydrogens (tertiary/aromatic N) is 2. The summed E-state index contributed by atoms with van der Waals surface area (Å²) in [5.41, 5.74) is 0.909. The third-order valence-corrected chi connectivity index (χ3v) is 3.13. The molecule has 0 aliphatic rings. The van der Waals surface area contributed by atoms with Crippen molar-refractivity contribution in [3.05, 3.63) is 46.5 Å². The molecule has 5 heteroatoms. The monoisotopic (exact) mass is 308 g/mol. The molecular weight excluding hydrogens is 296 g/mol. The van der Waals surface area contributed by atoms with Gasteiger partial charge in [-0.25, -0.2) is 9.78 Å². The van der Waals surface area contributed by atoms with Gasteiger partial charge in [0.1, 0.15) is 5.82 Å². The van der Waals surface area contributed by atoms with Gasteiger partial charge in [0.15, 0.2) is 0 Å². The van der Waals surface area contributed by atoms with Crippen molar-refractivity contribution in [2.24, 2.45) is 0 Å². The van der Waals surface area contributed by atoms with Gasteiger partial charge in [-0.2, -0.15) is 0 Å². The Morgan fingerprint density at radius 3 is 2.94 bits per heavy atom. The Morgan fingerprint density at radius 1 is 1.50 bits per heavy atom. The van der Waals surface area contributed by atoms with Crippen molar-refractivity contribution in [3.63, 3.8) is 0 Å². The van der Waals surface area contributed by atoms with E-state index in [1.54, 1.807) is 24.5 Å². The maximum atomic E-state index is 11.3. The second-order valence-corrected chi connectivity index (χ2v) is 4.85. The molecule has 0 aliphatic heterocycles. The van der Waals surface area contributed by atoms with Gasteiger partial charge < -0.3 is 9.67 Å². The number of benzene rings is 1. The van der Waals surface area contributed by atoms with E-state index in [-0.39, 0.29) is 5.56 Å². The average molecular weight is 309 g/mol. The molecule has 0 aliphatic carbocycles. The van der Waals surface area contributed by atoms with Crippen LogP contribution in [0.3, 0.4) is 0 Å². The highest BCUT2D eigenvalue weighted by molar-refractivity contribution is 9.10. The van der Waals surface area contributed by atoms with Crippen molar-refractivity contribution in [3.8, 4) is 5.69 Å². The molecule has 0 saturated carbocycles. The minimum atomic E-state index is -0.942. The van der Waals surface area contributed by atoms with E-state index in [0.29, 0.717) is 5.69 Å². The summed E-state index contributed by atoms with van der Waals surface area (Å²) in [5.74, 6) is -0.0650. The van der Waals surface area contributed by atoms with Gasteiger partial charge in [0, 0.05) is 23.3 Å². The number of carbonyl (C=O) groups is 1. The minimum absolute atomic E-state index is 0.264. The second kappa shape index (κ2) is 5.35. The molecule has 2 aromatic rings. The normalized spacial score (nSPS) is 10.6. The number of carboxylic acids is 1. The number of hydrogen-bond acceptors (Lipinski definition) is 2. The van der Waals surface area contributed by atoms with Gasteiger partial charge in [-0.05, 0) is 24.6 Å². The van der Waals surface area contributed by atoms with E-state index in [0.717, 1.165) is 23.1 Å². The third-order valence-electron chi connectivity index (χ3n) is 2.64. The molecule has 1 aromatic carbocycles. The maximum absolute atomic E-state index is 11.3. The summed E-state index contributed by atoms with van der Waals surface area (Å²) in [6, 6.07) is 5.22. The van der Waals surface area contributed by atoms with Crippen LogP contribution in [0.4, 0.5) is 0 Å². The van der Waals surface area contributed by atoms with Crippen molar-refractivity contribution in [1.82, 2.24) is 9.55 Å². The molecule has 18 heavy (non-hydrogen) atoms. The van der Waals surface area contributed by atoms with Gasteiger partial charge in [0.2, 0.25) is 0 Å². The molecule has 1 heterocycles. The van der Waals surface area contributed by atoms with Gasteiger partial charge in [0.25, 0.3) is 0 Å². The molecular formula is C13H13BrN2O2. The number of carboxylic acid groups (broad SMARTS) is 1. The Balaban J connectivity index is 2.56. The van der Waals surface area contributed by atoms with Gasteiger partial charge in [-0.15, -0.1) is 0 Å². The van der Waals surface area contributed by atoms with Crippen molar-refractivity contribution in [1.29, 1.82) is 0 Å². The highest BCUT2D eigenvalue weighted by Gasteiger charge is 2.14. The van der Waals surface area contributed by atoms with Crippen LogP contribution in [0.5, 0.6) is 0 Å². The lowest BCUT2D eigenvalue weighted by atomic mass is 10.1. The summed E-state index contributed by atoms with van der Waals surface area (Å²) in [7, 11) is 0. The number of hydrogen-bond donors (Lipinski definition) is 1. The molecule has 0 bridgehead atoms. The summed E-state index contributed by atoms with van der Waals surface area (Å²) >= 11 is 3.29. The summed E-state index contributed by atoms with van der Waals surface area (Å²) in [4.78, 5) is 15.5. The molecule has 0 spiro atoms. The van der Waals surface area contributed by atoms with Gasteiger partial charge in [-0.1, -0.05) is 22.9 Å². The fraction of sp³-hybridized carbons (Fsp3) is 0.231. The average Bonchev–Trinajstić information content (AvgIpc) is 2.77. The lowest BCUT2D eigenvalue weighted by Gasteiger charge is -2.10. The van der Waals surface area contributed by atoms with Gasteiger partial charge >= 0.3 is 5.97 Å². The summed E-state index contributed by atoms with van der Waals surface area (Å²) in [6.45, 7) is 2.07. The van der Waals surface area contributed by atoms with Crippen LogP contribution in [0.15, 0.2) is 35.1 Å². The Labute approximate surface area is 113 Å². The molecule has 0 radical (unpaired) electrons. The fourth-order valence-corrected chi connectivity index (χ4v) is 2.21. The largest absolute Gasteiger partial charge is 0.478 e. The first-order valence-electron chi connectivity index (χ1n) is 5.69. The van der Waals surface area contributed by atoms with E-state index >= 15 is 0 Å². The highest BCUT2D eigenvalue weighted by atomic mass is 79.9. The first-order valence-corrected chi connectivity index (χ1v) is 6.48. The van der Waals surface area contributed by atoms with Crippen molar-refractivity contribution in [2.45, 2.75) is 19.8 Å². The fourth-order valence-electron chi connectivity index (χ4n) is 1.85. The van der Waals surface area contributed by atoms with E-state index in [1.165, 1.54) is 0 Å². The molecule has 4 nitrogen and oxygen atoms in total. The van der Waals surface area contributed by atoms with E-state index in [9.17, 15) is 9.90 Å². The van der Waals surface area contributed by atoms with Crippen molar-refractivity contribution in [2.75, 3.05) is 0 Å². The topological polar surface area (TPSA) is 55.1 Å². The lowest BCUT2D eigenvalue weighted by molar-refractivity contribution is 0.0697. The molecule has 0 unspecified atom stereocenters. The summed E-state index contributed by atoms with van der Waals surface area (Å²) in [5, 5.41) is 9.26. The number of aryl methyl sites for hydroxylation is 1. The highest BCUT2D eigenvalue weighted by Crippen LogP contribution is 2.21. The van der Waals surface area contributed by atoms with Crippen molar-refractivity contribution < 1.29 is 9.90 Å². The number of imidazole rings is 1. The van der Waals surface area contributed by atoms with E-state index in [1.807, 2.05) is 10.6 Å². The Hall–Kier alpha value is -1.62. The number of rotatable bonds is 4. The molecule has 1 aromatic heterocycles. The van der Waals surface area contributed by atoms with E-state index < -0.39 is 5.97 Å². The Bertz CT molecular complexity index is 578. The first kappa shape index (κ1) is 12.8.